The van der Waals surface area contributed by atoms with Crippen molar-refractivity contribution >= 4 is 17.0 Å². The minimum Gasteiger partial charge on any atom is -0.490 e. The third-order valence-corrected chi connectivity index (χ3v) is 5.36. The average molecular weight is 343 g/mol. The summed E-state index contributed by atoms with van der Waals surface area (Å²) in [4.78, 5) is 18.7. The van der Waals surface area contributed by atoms with E-state index in [2.05, 4.69) is 9.88 Å². The summed E-state index contributed by atoms with van der Waals surface area (Å²) in [5.74, 6) is 0.866. The van der Waals surface area contributed by atoms with Crippen LogP contribution in [0.4, 0.5) is 4.79 Å². The standard InChI is InChI=1S/C19H25N3O3/c23-19(24)22-10-7-16-15(13-22)14-5-4-6-17(18(14)20-16)25-12-11-21-8-2-1-3-9-21/h4-6,20H,1-3,7-13H2,(H,23,24). The van der Waals surface area contributed by atoms with E-state index in [9.17, 15) is 9.90 Å². The molecule has 6 heteroatoms. The van der Waals surface area contributed by atoms with Crippen molar-refractivity contribution in [1.29, 1.82) is 0 Å². The monoisotopic (exact) mass is 343 g/mol. The number of ether oxygens (including phenoxy) is 1. The van der Waals surface area contributed by atoms with Gasteiger partial charge in [-0.1, -0.05) is 18.6 Å². The van der Waals surface area contributed by atoms with E-state index in [1.807, 2.05) is 18.2 Å². The van der Waals surface area contributed by atoms with Gasteiger partial charge in [0.15, 0.2) is 0 Å². The van der Waals surface area contributed by atoms with Crippen molar-refractivity contribution in [2.24, 2.45) is 0 Å². The van der Waals surface area contributed by atoms with Gasteiger partial charge in [0.1, 0.15) is 12.4 Å². The molecule has 1 amide bonds. The number of carbonyl (C=O) groups is 1. The third kappa shape index (κ3) is 3.31. The van der Waals surface area contributed by atoms with Gasteiger partial charge in [0.2, 0.25) is 0 Å². The number of hydrogen-bond donors (Lipinski definition) is 2. The van der Waals surface area contributed by atoms with Crippen LogP contribution in [0.25, 0.3) is 10.9 Å². The van der Waals surface area contributed by atoms with Gasteiger partial charge in [0.05, 0.1) is 12.1 Å². The number of aromatic amines is 1. The fraction of sp³-hybridized carbons (Fsp3) is 0.526. The first-order valence-corrected chi connectivity index (χ1v) is 9.18. The Hall–Kier alpha value is -2.21. The predicted octanol–water partition coefficient (Wildman–Crippen LogP) is 3.07. The molecular formula is C19H25N3O3. The molecule has 2 aromatic rings. The lowest BCUT2D eigenvalue weighted by Crippen LogP contribution is -2.34. The summed E-state index contributed by atoms with van der Waals surface area (Å²) in [6.45, 7) is 4.99. The van der Waals surface area contributed by atoms with Crippen molar-refractivity contribution < 1.29 is 14.6 Å². The normalized spacial score (nSPS) is 18.3. The van der Waals surface area contributed by atoms with E-state index >= 15 is 0 Å². The number of likely N-dealkylation sites (tertiary alicyclic amines) is 1. The lowest BCUT2D eigenvalue weighted by Gasteiger charge is -2.26. The second-order valence-electron chi connectivity index (χ2n) is 6.97. The molecule has 2 aliphatic rings. The average Bonchev–Trinajstić information content (AvgIpc) is 3.01. The molecule has 0 bridgehead atoms. The van der Waals surface area contributed by atoms with Crippen LogP contribution in [0.1, 0.15) is 30.5 Å². The third-order valence-electron chi connectivity index (χ3n) is 5.36. The van der Waals surface area contributed by atoms with Gasteiger partial charge in [-0.05, 0) is 32.0 Å². The Morgan fingerprint density at radius 2 is 2.04 bits per heavy atom. The van der Waals surface area contributed by atoms with Crippen LogP contribution in [-0.2, 0) is 13.0 Å². The zero-order valence-corrected chi connectivity index (χ0v) is 14.5. The number of H-pyrrole nitrogens is 1. The molecule has 0 unspecified atom stereocenters. The van der Waals surface area contributed by atoms with E-state index in [0.29, 0.717) is 19.7 Å². The first-order valence-electron chi connectivity index (χ1n) is 9.18. The molecule has 4 rings (SSSR count). The molecule has 1 aromatic heterocycles. The molecule has 0 radical (unpaired) electrons. The van der Waals surface area contributed by atoms with Gasteiger partial charge in [0, 0.05) is 36.2 Å². The Kier molecular flexibility index (Phi) is 4.53. The number of para-hydroxylation sites is 1. The fourth-order valence-corrected chi connectivity index (χ4v) is 3.96. The van der Waals surface area contributed by atoms with Gasteiger partial charge in [0.25, 0.3) is 0 Å². The molecule has 2 N–H and O–H groups in total. The summed E-state index contributed by atoms with van der Waals surface area (Å²) in [6.07, 6.45) is 3.80. The van der Waals surface area contributed by atoms with Crippen LogP contribution in [0.2, 0.25) is 0 Å². The van der Waals surface area contributed by atoms with Crippen LogP contribution in [0.15, 0.2) is 18.2 Å². The molecule has 0 aliphatic carbocycles. The minimum absolute atomic E-state index is 0.446. The number of fused-ring (bicyclic) bond motifs is 3. The van der Waals surface area contributed by atoms with Crippen LogP contribution < -0.4 is 4.74 Å². The SMILES string of the molecule is O=C(O)N1CCc2[nH]c3c(OCCN4CCCCC4)cccc3c2C1. The summed E-state index contributed by atoms with van der Waals surface area (Å²) in [6, 6.07) is 6.04. The quantitative estimate of drug-likeness (QED) is 0.895. The Morgan fingerprint density at radius 3 is 2.84 bits per heavy atom. The summed E-state index contributed by atoms with van der Waals surface area (Å²) < 4.78 is 6.07. The van der Waals surface area contributed by atoms with Crippen molar-refractivity contribution in [2.45, 2.75) is 32.2 Å². The topological polar surface area (TPSA) is 68.8 Å². The summed E-state index contributed by atoms with van der Waals surface area (Å²) in [7, 11) is 0. The van der Waals surface area contributed by atoms with Crippen molar-refractivity contribution in [3.05, 3.63) is 29.5 Å². The molecule has 1 saturated heterocycles. The van der Waals surface area contributed by atoms with Crippen molar-refractivity contribution in [2.75, 3.05) is 32.8 Å². The lowest BCUT2D eigenvalue weighted by molar-refractivity contribution is 0.140. The number of aromatic nitrogens is 1. The molecule has 0 spiro atoms. The second-order valence-corrected chi connectivity index (χ2v) is 6.97. The highest BCUT2D eigenvalue weighted by Gasteiger charge is 2.24. The number of carboxylic acid groups (broad SMARTS) is 1. The Balaban J connectivity index is 1.50. The van der Waals surface area contributed by atoms with Gasteiger partial charge in [-0.25, -0.2) is 4.79 Å². The number of nitrogens with one attached hydrogen (secondary N) is 1. The van der Waals surface area contributed by atoms with Crippen LogP contribution in [-0.4, -0.2) is 58.8 Å². The largest absolute Gasteiger partial charge is 0.490 e. The first kappa shape index (κ1) is 16.3. The number of amides is 1. The maximum absolute atomic E-state index is 11.3. The van der Waals surface area contributed by atoms with Crippen molar-refractivity contribution in [3.63, 3.8) is 0 Å². The van der Waals surface area contributed by atoms with E-state index < -0.39 is 6.09 Å². The molecule has 1 fully saturated rings. The summed E-state index contributed by atoms with van der Waals surface area (Å²) in [5, 5.41) is 10.3. The molecule has 3 heterocycles. The maximum atomic E-state index is 11.3. The molecule has 2 aliphatic heterocycles. The number of benzene rings is 1. The molecule has 0 atom stereocenters. The van der Waals surface area contributed by atoms with Crippen LogP contribution in [0.5, 0.6) is 5.75 Å². The molecule has 25 heavy (non-hydrogen) atoms. The summed E-state index contributed by atoms with van der Waals surface area (Å²) >= 11 is 0. The van der Waals surface area contributed by atoms with Crippen molar-refractivity contribution in [3.8, 4) is 5.75 Å². The van der Waals surface area contributed by atoms with Crippen LogP contribution in [0.3, 0.4) is 0 Å². The molecule has 6 nitrogen and oxygen atoms in total. The van der Waals surface area contributed by atoms with Crippen LogP contribution >= 0.6 is 0 Å². The van der Waals surface area contributed by atoms with Gasteiger partial charge in [-0.15, -0.1) is 0 Å². The van der Waals surface area contributed by atoms with Gasteiger partial charge < -0.3 is 19.7 Å². The smallest absolute Gasteiger partial charge is 0.407 e. The Bertz CT molecular complexity index is 765. The number of hydrogen-bond acceptors (Lipinski definition) is 3. The van der Waals surface area contributed by atoms with Gasteiger partial charge >= 0.3 is 6.09 Å². The van der Waals surface area contributed by atoms with Crippen LogP contribution in [0, 0.1) is 0 Å². The van der Waals surface area contributed by atoms with E-state index in [-0.39, 0.29) is 0 Å². The number of rotatable bonds is 4. The lowest BCUT2D eigenvalue weighted by atomic mass is 10.0. The molecular weight excluding hydrogens is 318 g/mol. The molecule has 134 valence electrons. The molecule has 1 aromatic carbocycles. The highest BCUT2D eigenvalue weighted by molar-refractivity contribution is 5.90. The van der Waals surface area contributed by atoms with E-state index in [4.69, 9.17) is 4.74 Å². The molecule has 0 saturated carbocycles. The van der Waals surface area contributed by atoms with Gasteiger partial charge in [-0.2, -0.15) is 0 Å². The number of nitrogens with zero attached hydrogens (tertiary/aromatic N) is 2. The second kappa shape index (κ2) is 6.96. The maximum Gasteiger partial charge on any atom is 0.407 e. The Labute approximate surface area is 147 Å². The first-order chi connectivity index (χ1) is 12.2. The number of piperidine rings is 1. The predicted molar refractivity (Wildman–Crippen MR) is 96.2 cm³/mol. The summed E-state index contributed by atoms with van der Waals surface area (Å²) in [5.41, 5.74) is 3.23. The minimum atomic E-state index is -0.853. The zero-order chi connectivity index (χ0) is 17.2. The van der Waals surface area contributed by atoms with Crippen molar-refractivity contribution in [1.82, 2.24) is 14.8 Å². The van der Waals surface area contributed by atoms with Gasteiger partial charge in [-0.3, -0.25) is 4.90 Å². The zero-order valence-electron chi connectivity index (χ0n) is 14.5. The van der Waals surface area contributed by atoms with E-state index in [1.165, 1.54) is 37.3 Å². The Morgan fingerprint density at radius 1 is 1.20 bits per heavy atom. The fourth-order valence-electron chi connectivity index (χ4n) is 3.96. The van der Waals surface area contributed by atoms with E-state index in [0.717, 1.165) is 40.9 Å². The highest BCUT2D eigenvalue weighted by atomic mass is 16.5. The van der Waals surface area contributed by atoms with E-state index in [1.54, 1.807) is 0 Å². The highest BCUT2D eigenvalue weighted by Crippen LogP contribution is 2.33.